The Hall–Kier alpha value is -3.56. The van der Waals surface area contributed by atoms with Crippen LogP contribution in [0.2, 0.25) is 0 Å². The minimum Gasteiger partial charge on any atom is -0.465 e. The molecule has 0 aliphatic heterocycles. The number of fused-ring (bicyclic) bond motifs is 1. The third-order valence-corrected chi connectivity index (χ3v) is 6.79. The van der Waals surface area contributed by atoms with Gasteiger partial charge < -0.3 is 10.5 Å². The summed E-state index contributed by atoms with van der Waals surface area (Å²) in [7, 11) is 1.31. The molecule has 6 nitrogen and oxygen atoms in total. The van der Waals surface area contributed by atoms with Gasteiger partial charge in [0.15, 0.2) is 5.41 Å². The van der Waals surface area contributed by atoms with Gasteiger partial charge in [-0.15, -0.1) is 0 Å². The number of rotatable bonds is 2. The largest absolute Gasteiger partial charge is 0.465 e. The highest BCUT2D eigenvalue weighted by molar-refractivity contribution is 5.89. The predicted molar refractivity (Wildman–Crippen MR) is 115 cm³/mol. The molecule has 158 valence electrons. The van der Waals surface area contributed by atoms with Gasteiger partial charge in [0.1, 0.15) is 6.07 Å². The maximum Gasteiger partial charge on any atom is 0.337 e. The van der Waals surface area contributed by atoms with Crippen molar-refractivity contribution < 1.29 is 9.53 Å². The van der Waals surface area contributed by atoms with E-state index in [0.717, 1.165) is 24.0 Å². The molecular weight excluding hydrogens is 388 g/mol. The molecule has 3 atom stereocenters. The summed E-state index contributed by atoms with van der Waals surface area (Å²) in [5.74, 6) is -0.891. The lowest BCUT2D eigenvalue weighted by molar-refractivity contribution is 0.0600. The first-order valence-corrected chi connectivity index (χ1v) is 10.3. The topological polar surface area (TPSA) is 124 Å². The number of carbonyl (C=O) groups is 1. The summed E-state index contributed by atoms with van der Waals surface area (Å²) in [4.78, 5) is 11.9. The number of hydrogen-bond donors (Lipinski definition) is 1. The lowest BCUT2D eigenvalue weighted by atomic mass is 9.54. The minimum absolute atomic E-state index is 0.0127. The van der Waals surface area contributed by atoms with E-state index >= 15 is 0 Å². The van der Waals surface area contributed by atoms with Crippen molar-refractivity contribution in [1.29, 1.82) is 15.8 Å². The Morgan fingerprint density at radius 3 is 2.26 bits per heavy atom. The van der Waals surface area contributed by atoms with E-state index in [2.05, 4.69) is 45.1 Å². The molecule has 31 heavy (non-hydrogen) atoms. The summed E-state index contributed by atoms with van der Waals surface area (Å²) in [6.07, 6.45) is 3.61. The average Bonchev–Trinajstić information content (AvgIpc) is 2.77. The summed E-state index contributed by atoms with van der Waals surface area (Å²) in [5, 5.41) is 30.2. The summed E-state index contributed by atoms with van der Waals surface area (Å²) in [6, 6.07) is 13.2. The van der Waals surface area contributed by atoms with Gasteiger partial charge in [-0.3, -0.25) is 0 Å². The molecule has 0 fully saturated rings. The second kappa shape index (κ2) is 7.93. The van der Waals surface area contributed by atoms with Crippen LogP contribution in [0.4, 0.5) is 0 Å². The zero-order valence-corrected chi connectivity index (χ0v) is 18.3. The first-order chi connectivity index (χ1) is 14.6. The molecule has 3 rings (SSSR count). The molecule has 0 heterocycles. The van der Waals surface area contributed by atoms with E-state index in [4.69, 9.17) is 10.5 Å². The highest BCUT2D eigenvalue weighted by atomic mass is 16.5. The molecule has 0 saturated heterocycles. The maximum absolute atomic E-state index is 11.9. The number of methoxy groups -OCH3 is 1. The zero-order chi connectivity index (χ0) is 23.0. The Bertz CT molecular complexity index is 1070. The van der Waals surface area contributed by atoms with Crippen molar-refractivity contribution in [2.45, 2.75) is 39.5 Å². The van der Waals surface area contributed by atoms with Crippen LogP contribution >= 0.6 is 0 Å². The van der Waals surface area contributed by atoms with Gasteiger partial charge in [0.05, 0.1) is 36.1 Å². The van der Waals surface area contributed by atoms with Crippen LogP contribution in [0, 0.1) is 56.7 Å². The standard InChI is InChI=1S/C25H26N4O2/c1-24(2,3)17-9-10-18-19(11-17)21(15-5-7-16(8-6-15)23(30)31-4)25(13-27,14-28)22(29)20(18)12-26/h5-8,10,17,19,21H,9,11,29H2,1-4H3/t17-,19-,21+/m0/s1. The van der Waals surface area contributed by atoms with Crippen LogP contribution in [0.25, 0.3) is 0 Å². The fourth-order valence-electron chi connectivity index (χ4n) is 4.92. The monoisotopic (exact) mass is 414 g/mol. The Kier molecular flexibility index (Phi) is 5.66. The molecule has 0 unspecified atom stereocenters. The van der Waals surface area contributed by atoms with Gasteiger partial charge >= 0.3 is 5.97 Å². The molecule has 1 aromatic rings. The van der Waals surface area contributed by atoms with Crippen LogP contribution in [-0.2, 0) is 4.74 Å². The van der Waals surface area contributed by atoms with Crippen molar-refractivity contribution in [3.05, 3.63) is 58.3 Å². The molecule has 1 aromatic carbocycles. The van der Waals surface area contributed by atoms with Gasteiger partial charge in [0.2, 0.25) is 0 Å². The van der Waals surface area contributed by atoms with Crippen molar-refractivity contribution in [3.8, 4) is 18.2 Å². The number of benzene rings is 1. The van der Waals surface area contributed by atoms with E-state index in [9.17, 15) is 20.6 Å². The molecule has 0 aromatic heterocycles. The molecule has 0 bridgehead atoms. The van der Waals surface area contributed by atoms with E-state index in [0.29, 0.717) is 11.5 Å². The van der Waals surface area contributed by atoms with Gasteiger partial charge in [-0.25, -0.2) is 4.79 Å². The van der Waals surface area contributed by atoms with E-state index in [-0.39, 0.29) is 22.6 Å². The molecule has 2 aliphatic carbocycles. The number of hydrogen-bond acceptors (Lipinski definition) is 6. The third kappa shape index (κ3) is 3.47. The lowest BCUT2D eigenvalue weighted by Gasteiger charge is -2.47. The number of nitrogens with two attached hydrogens (primary N) is 1. The molecule has 0 amide bonds. The summed E-state index contributed by atoms with van der Waals surface area (Å²) in [6.45, 7) is 6.53. The van der Waals surface area contributed by atoms with Gasteiger partial charge in [0, 0.05) is 5.92 Å². The number of carbonyl (C=O) groups excluding carboxylic acids is 1. The second-order valence-corrected chi connectivity index (χ2v) is 9.32. The minimum atomic E-state index is -1.67. The summed E-state index contributed by atoms with van der Waals surface area (Å²) in [5.41, 5.74) is 6.91. The molecule has 2 N–H and O–H groups in total. The lowest BCUT2D eigenvalue weighted by Crippen LogP contribution is -2.44. The first kappa shape index (κ1) is 22.1. The number of esters is 1. The Morgan fingerprint density at radius 1 is 1.16 bits per heavy atom. The van der Waals surface area contributed by atoms with Gasteiger partial charge in [-0.1, -0.05) is 39.0 Å². The third-order valence-electron chi connectivity index (χ3n) is 6.79. The van der Waals surface area contributed by atoms with Crippen molar-refractivity contribution in [2.24, 2.45) is 28.4 Å². The highest BCUT2D eigenvalue weighted by Crippen LogP contribution is 2.57. The van der Waals surface area contributed by atoms with Crippen molar-refractivity contribution in [2.75, 3.05) is 7.11 Å². The fraction of sp³-hybridized carbons (Fsp3) is 0.440. The zero-order valence-electron chi connectivity index (χ0n) is 18.3. The van der Waals surface area contributed by atoms with Gasteiger partial charge in [-0.2, -0.15) is 15.8 Å². The predicted octanol–water partition coefficient (Wildman–Crippen LogP) is 4.34. The molecule has 6 heteroatoms. The van der Waals surface area contributed by atoms with Gasteiger partial charge in [0.25, 0.3) is 0 Å². The van der Waals surface area contributed by atoms with E-state index in [1.54, 1.807) is 24.3 Å². The molecular formula is C25H26N4O2. The molecule has 0 spiro atoms. The fourth-order valence-corrected chi connectivity index (χ4v) is 4.92. The van der Waals surface area contributed by atoms with E-state index in [1.807, 2.05) is 0 Å². The van der Waals surface area contributed by atoms with Crippen molar-refractivity contribution >= 4 is 5.97 Å². The van der Waals surface area contributed by atoms with E-state index < -0.39 is 17.3 Å². The second-order valence-electron chi connectivity index (χ2n) is 9.32. The van der Waals surface area contributed by atoms with Gasteiger partial charge in [-0.05, 0) is 53.4 Å². The van der Waals surface area contributed by atoms with Crippen LogP contribution in [0.1, 0.15) is 55.5 Å². The van der Waals surface area contributed by atoms with Crippen molar-refractivity contribution in [1.82, 2.24) is 0 Å². The smallest absolute Gasteiger partial charge is 0.337 e. The van der Waals surface area contributed by atoms with Crippen molar-refractivity contribution in [3.63, 3.8) is 0 Å². The summed E-state index contributed by atoms with van der Waals surface area (Å²) < 4.78 is 4.77. The van der Waals surface area contributed by atoms with Crippen LogP contribution < -0.4 is 5.73 Å². The number of ether oxygens (including phenoxy) is 1. The summed E-state index contributed by atoms with van der Waals surface area (Å²) >= 11 is 0. The van der Waals surface area contributed by atoms with E-state index in [1.165, 1.54) is 7.11 Å². The Morgan fingerprint density at radius 2 is 1.77 bits per heavy atom. The van der Waals surface area contributed by atoms with Crippen LogP contribution in [-0.4, -0.2) is 13.1 Å². The van der Waals surface area contributed by atoms with Crippen LogP contribution in [0.5, 0.6) is 0 Å². The van der Waals surface area contributed by atoms with Crippen LogP contribution in [0.3, 0.4) is 0 Å². The van der Waals surface area contributed by atoms with Crippen LogP contribution in [0.15, 0.2) is 47.2 Å². The highest BCUT2D eigenvalue weighted by Gasteiger charge is 2.55. The Balaban J connectivity index is 2.24. The normalized spacial score (nSPS) is 24.7. The SMILES string of the molecule is COC(=O)c1ccc([C@@H]2[C@H]3C[C@@H](C(C)(C)C)CC=C3C(C#N)=C(N)C2(C#N)C#N)cc1. The maximum atomic E-state index is 11.9. The Labute approximate surface area is 183 Å². The average molecular weight is 415 g/mol. The number of nitrogens with zero attached hydrogens (tertiary/aromatic N) is 3. The number of allylic oxidation sites excluding steroid dienone is 4. The molecule has 2 aliphatic rings. The quantitative estimate of drug-likeness (QED) is 0.718. The molecule has 0 saturated carbocycles. The first-order valence-electron chi connectivity index (χ1n) is 10.3. The number of nitriles is 3. The molecule has 0 radical (unpaired) electrons.